The number of hydrogen-bond donors (Lipinski definition) is 3. The van der Waals surface area contributed by atoms with Crippen LogP contribution in [0, 0.1) is 0 Å². The molecule has 0 bridgehead atoms. The second-order valence-corrected chi connectivity index (χ2v) is 5.70. The largest absolute Gasteiger partial charge is 0.444 e. The molecule has 1 saturated carbocycles. The number of nitrogens with zero attached hydrogens (tertiary/aromatic N) is 1. The van der Waals surface area contributed by atoms with Gasteiger partial charge in [-0.3, -0.25) is 4.99 Å². The Balaban J connectivity index is 0.00000361. The molecule has 0 aromatic heterocycles. The first-order chi connectivity index (χ1) is 8.90. The molecule has 0 aromatic carbocycles. The number of amides is 1. The maximum absolute atomic E-state index is 11.4. The smallest absolute Gasteiger partial charge is 0.407 e. The highest BCUT2D eigenvalue weighted by atomic mass is 127. The van der Waals surface area contributed by atoms with Crippen LogP contribution in [0.15, 0.2) is 4.99 Å². The first-order valence-corrected chi connectivity index (χ1v) is 6.85. The quantitative estimate of drug-likeness (QED) is 0.286. The molecule has 0 aliphatic heterocycles. The Morgan fingerprint density at radius 2 is 1.85 bits per heavy atom. The maximum atomic E-state index is 11.4. The lowest BCUT2D eigenvalue weighted by Gasteiger charge is -2.19. The van der Waals surface area contributed by atoms with Gasteiger partial charge in [-0.15, -0.1) is 24.0 Å². The third-order valence-electron chi connectivity index (χ3n) is 2.46. The van der Waals surface area contributed by atoms with Crippen LogP contribution in [-0.2, 0) is 4.74 Å². The zero-order chi connectivity index (χ0) is 14.3. The highest BCUT2D eigenvalue weighted by molar-refractivity contribution is 14.0. The molecule has 0 radical (unpaired) electrons. The van der Waals surface area contributed by atoms with E-state index in [1.54, 1.807) is 7.05 Å². The third-order valence-corrected chi connectivity index (χ3v) is 2.46. The van der Waals surface area contributed by atoms with Crippen LogP contribution in [0.3, 0.4) is 0 Å². The molecule has 1 fully saturated rings. The van der Waals surface area contributed by atoms with Gasteiger partial charge < -0.3 is 20.7 Å². The van der Waals surface area contributed by atoms with Crippen molar-refractivity contribution in [2.24, 2.45) is 4.99 Å². The zero-order valence-electron chi connectivity index (χ0n) is 12.8. The molecule has 0 atom stereocenters. The maximum Gasteiger partial charge on any atom is 0.407 e. The normalized spacial score (nSPS) is 15.1. The Morgan fingerprint density at radius 3 is 2.35 bits per heavy atom. The summed E-state index contributed by atoms with van der Waals surface area (Å²) in [5.74, 6) is 0.833. The first kappa shape index (κ1) is 19.3. The second-order valence-electron chi connectivity index (χ2n) is 5.70. The monoisotopic (exact) mass is 398 g/mol. The lowest BCUT2D eigenvalue weighted by Crippen LogP contribution is -2.40. The van der Waals surface area contributed by atoms with E-state index in [-0.39, 0.29) is 30.1 Å². The molecular weight excluding hydrogens is 371 g/mol. The van der Waals surface area contributed by atoms with Gasteiger partial charge in [0, 0.05) is 26.2 Å². The molecule has 0 unspecified atom stereocenters. The molecule has 7 heteroatoms. The number of nitrogens with one attached hydrogen (secondary N) is 3. The van der Waals surface area contributed by atoms with Crippen molar-refractivity contribution in [3.05, 3.63) is 0 Å². The van der Waals surface area contributed by atoms with Gasteiger partial charge in [0.25, 0.3) is 0 Å². The van der Waals surface area contributed by atoms with Gasteiger partial charge in [-0.05, 0) is 40.0 Å². The fourth-order valence-electron chi connectivity index (χ4n) is 1.42. The molecule has 0 spiro atoms. The van der Waals surface area contributed by atoms with E-state index in [0.717, 1.165) is 18.9 Å². The molecule has 6 nitrogen and oxygen atoms in total. The number of carbonyl (C=O) groups excluding carboxylic acids is 1. The van der Waals surface area contributed by atoms with Gasteiger partial charge in [-0.1, -0.05) is 0 Å². The minimum atomic E-state index is -0.446. The van der Waals surface area contributed by atoms with Crippen LogP contribution in [0.25, 0.3) is 0 Å². The summed E-state index contributed by atoms with van der Waals surface area (Å²) in [6.45, 7) is 6.90. The van der Waals surface area contributed by atoms with Crippen molar-refractivity contribution in [1.82, 2.24) is 16.0 Å². The number of ether oxygens (including phenoxy) is 1. The number of guanidine groups is 1. The molecule has 3 N–H and O–H groups in total. The first-order valence-electron chi connectivity index (χ1n) is 6.85. The zero-order valence-corrected chi connectivity index (χ0v) is 15.1. The van der Waals surface area contributed by atoms with Crippen LogP contribution in [0.1, 0.15) is 40.0 Å². The molecular formula is C13H27IN4O2. The number of hydrogen-bond acceptors (Lipinski definition) is 3. The second kappa shape index (κ2) is 9.25. The van der Waals surface area contributed by atoms with Crippen molar-refractivity contribution < 1.29 is 9.53 Å². The molecule has 1 amide bonds. The Labute approximate surface area is 138 Å². The van der Waals surface area contributed by atoms with E-state index in [9.17, 15) is 4.79 Å². The van der Waals surface area contributed by atoms with Crippen LogP contribution < -0.4 is 16.0 Å². The van der Waals surface area contributed by atoms with E-state index in [1.165, 1.54) is 12.8 Å². The summed E-state index contributed by atoms with van der Waals surface area (Å²) in [5.41, 5.74) is -0.446. The molecule has 1 aliphatic carbocycles. The van der Waals surface area contributed by atoms with E-state index < -0.39 is 5.60 Å². The predicted molar refractivity (Wildman–Crippen MR) is 91.8 cm³/mol. The summed E-state index contributed by atoms with van der Waals surface area (Å²) < 4.78 is 5.14. The summed E-state index contributed by atoms with van der Waals surface area (Å²) >= 11 is 0. The number of aliphatic imine (C=N–C) groups is 1. The van der Waals surface area contributed by atoms with Crippen molar-refractivity contribution in [2.75, 3.05) is 20.1 Å². The van der Waals surface area contributed by atoms with E-state index in [2.05, 4.69) is 20.9 Å². The lowest BCUT2D eigenvalue weighted by molar-refractivity contribution is 0.0527. The van der Waals surface area contributed by atoms with E-state index in [4.69, 9.17) is 4.74 Å². The van der Waals surface area contributed by atoms with E-state index in [1.807, 2.05) is 20.8 Å². The van der Waals surface area contributed by atoms with Crippen molar-refractivity contribution in [3.8, 4) is 0 Å². The fourth-order valence-corrected chi connectivity index (χ4v) is 1.42. The summed E-state index contributed by atoms with van der Waals surface area (Å²) in [4.78, 5) is 15.5. The Bertz CT molecular complexity index is 325. The molecule has 118 valence electrons. The van der Waals surface area contributed by atoms with Crippen molar-refractivity contribution >= 4 is 36.0 Å². The number of rotatable bonds is 5. The molecule has 0 saturated heterocycles. The van der Waals surface area contributed by atoms with Gasteiger partial charge in [0.05, 0.1) is 0 Å². The van der Waals surface area contributed by atoms with Gasteiger partial charge >= 0.3 is 6.09 Å². The molecule has 0 aromatic rings. The summed E-state index contributed by atoms with van der Waals surface area (Å²) in [6.07, 6.45) is 2.90. The average Bonchev–Trinajstić information content (AvgIpc) is 3.08. The number of carbonyl (C=O) groups is 1. The summed E-state index contributed by atoms with van der Waals surface area (Å²) in [5, 5.41) is 9.23. The summed E-state index contributed by atoms with van der Waals surface area (Å²) in [6, 6.07) is 0.589. The minimum Gasteiger partial charge on any atom is -0.444 e. The highest BCUT2D eigenvalue weighted by Crippen LogP contribution is 2.18. The Morgan fingerprint density at radius 1 is 1.25 bits per heavy atom. The van der Waals surface area contributed by atoms with Crippen molar-refractivity contribution in [1.29, 1.82) is 0 Å². The topological polar surface area (TPSA) is 74.8 Å². The minimum absolute atomic E-state index is 0. The lowest BCUT2D eigenvalue weighted by atomic mass is 10.2. The van der Waals surface area contributed by atoms with Crippen LogP contribution in [0.2, 0.25) is 0 Å². The molecule has 20 heavy (non-hydrogen) atoms. The van der Waals surface area contributed by atoms with Crippen LogP contribution in [0.5, 0.6) is 0 Å². The highest BCUT2D eigenvalue weighted by Gasteiger charge is 2.21. The Hall–Kier alpha value is -0.730. The van der Waals surface area contributed by atoms with Crippen LogP contribution in [0.4, 0.5) is 4.79 Å². The Kier molecular flexibility index (Phi) is 8.91. The van der Waals surface area contributed by atoms with Crippen molar-refractivity contribution in [3.63, 3.8) is 0 Å². The standard InChI is InChI=1S/C13H26N4O2.HI/c1-13(2,3)19-12(18)16-9-5-8-15-11(14-4)17-10-6-7-10;/h10H,5-9H2,1-4H3,(H,16,18)(H2,14,15,17);1H. The SMILES string of the molecule is CN=C(NCCCNC(=O)OC(C)(C)C)NC1CC1.I. The third kappa shape index (κ3) is 10.1. The van der Waals surface area contributed by atoms with Crippen LogP contribution >= 0.6 is 24.0 Å². The van der Waals surface area contributed by atoms with Gasteiger partial charge in [0.2, 0.25) is 0 Å². The van der Waals surface area contributed by atoms with Crippen LogP contribution in [-0.4, -0.2) is 43.8 Å². The van der Waals surface area contributed by atoms with Gasteiger partial charge in [-0.25, -0.2) is 4.79 Å². The molecule has 1 aliphatic rings. The predicted octanol–water partition coefficient (Wildman–Crippen LogP) is 1.85. The number of halogens is 1. The summed E-state index contributed by atoms with van der Waals surface area (Å²) in [7, 11) is 1.76. The fraction of sp³-hybridized carbons (Fsp3) is 0.846. The van der Waals surface area contributed by atoms with E-state index >= 15 is 0 Å². The number of alkyl carbamates (subject to hydrolysis) is 1. The molecule has 0 heterocycles. The van der Waals surface area contributed by atoms with Gasteiger partial charge in [-0.2, -0.15) is 0 Å². The van der Waals surface area contributed by atoms with E-state index in [0.29, 0.717) is 12.6 Å². The van der Waals surface area contributed by atoms with Crippen molar-refractivity contribution in [2.45, 2.75) is 51.7 Å². The van der Waals surface area contributed by atoms with Gasteiger partial charge in [0.1, 0.15) is 5.60 Å². The average molecular weight is 398 g/mol. The molecule has 1 rings (SSSR count). The van der Waals surface area contributed by atoms with Gasteiger partial charge in [0.15, 0.2) is 5.96 Å².